The van der Waals surface area contributed by atoms with Crippen LogP contribution in [0.25, 0.3) is 0 Å². The van der Waals surface area contributed by atoms with Gasteiger partial charge in [0.25, 0.3) is 0 Å². The first-order chi connectivity index (χ1) is 10.1. The van der Waals surface area contributed by atoms with Crippen molar-refractivity contribution in [3.63, 3.8) is 0 Å². The van der Waals surface area contributed by atoms with Gasteiger partial charge in [-0.3, -0.25) is 0 Å². The Balaban J connectivity index is 1.99. The minimum Gasteiger partial charge on any atom is -0.480 e. The Kier molecular flexibility index (Phi) is 5.45. The van der Waals surface area contributed by atoms with Crippen molar-refractivity contribution >= 4 is 12.0 Å². The first-order valence-electron chi connectivity index (χ1n) is 7.95. The normalized spacial score (nSPS) is 30.5. The average Bonchev–Trinajstić information content (AvgIpc) is 2.77. The minimum atomic E-state index is -1.09. The second-order valence-corrected chi connectivity index (χ2v) is 6.12. The molecule has 0 aromatic heterocycles. The SMILES string of the molecule is CCC1CCC(NC(=O)N2CCCOCC2)(C(=O)O)CC1. The highest BCUT2D eigenvalue weighted by Gasteiger charge is 2.43. The van der Waals surface area contributed by atoms with Crippen molar-refractivity contribution in [2.45, 2.75) is 51.0 Å². The summed E-state index contributed by atoms with van der Waals surface area (Å²) in [7, 11) is 0. The molecule has 1 heterocycles. The number of rotatable bonds is 3. The smallest absolute Gasteiger partial charge is 0.329 e. The summed E-state index contributed by atoms with van der Waals surface area (Å²) in [6.45, 7) is 4.46. The molecule has 2 aliphatic rings. The average molecular weight is 298 g/mol. The fourth-order valence-electron chi connectivity index (χ4n) is 3.20. The number of hydrogen-bond donors (Lipinski definition) is 2. The van der Waals surface area contributed by atoms with Gasteiger partial charge in [0.15, 0.2) is 0 Å². The van der Waals surface area contributed by atoms with Crippen LogP contribution in [-0.4, -0.2) is 53.8 Å². The number of hydrogen-bond acceptors (Lipinski definition) is 3. The summed E-state index contributed by atoms with van der Waals surface area (Å²) < 4.78 is 5.33. The van der Waals surface area contributed by atoms with E-state index >= 15 is 0 Å². The molecule has 0 radical (unpaired) electrons. The summed E-state index contributed by atoms with van der Waals surface area (Å²) in [5, 5.41) is 12.4. The zero-order valence-corrected chi connectivity index (χ0v) is 12.8. The van der Waals surface area contributed by atoms with E-state index in [1.807, 2.05) is 0 Å². The van der Waals surface area contributed by atoms with E-state index in [4.69, 9.17) is 4.74 Å². The number of carbonyl (C=O) groups excluding carboxylic acids is 1. The van der Waals surface area contributed by atoms with E-state index in [0.717, 1.165) is 25.7 Å². The molecule has 1 saturated carbocycles. The maximum Gasteiger partial charge on any atom is 0.329 e. The molecule has 120 valence electrons. The van der Waals surface area contributed by atoms with Gasteiger partial charge in [-0.2, -0.15) is 0 Å². The number of aliphatic carboxylic acids is 1. The molecule has 6 heteroatoms. The zero-order valence-electron chi connectivity index (χ0n) is 12.8. The van der Waals surface area contributed by atoms with E-state index in [0.29, 0.717) is 45.1 Å². The highest BCUT2D eigenvalue weighted by molar-refractivity contribution is 5.86. The number of carbonyl (C=O) groups is 2. The first-order valence-corrected chi connectivity index (χ1v) is 7.95. The summed E-state index contributed by atoms with van der Waals surface area (Å²) in [6.07, 6.45) is 4.66. The van der Waals surface area contributed by atoms with Gasteiger partial charge in [-0.1, -0.05) is 13.3 Å². The van der Waals surface area contributed by atoms with Crippen LogP contribution in [0.3, 0.4) is 0 Å². The molecule has 1 saturated heterocycles. The molecule has 21 heavy (non-hydrogen) atoms. The molecule has 0 atom stereocenters. The molecule has 2 amide bonds. The van der Waals surface area contributed by atoms with E-state index in [1.165, 1.54) is 0 Å². The van der Waals surface area contributed by atoms with Crippen LogP contribution < -0.4 is 5.32 Å². The van der Waals surface area contributed by atoms with Crippen LogP contribution in [0.5, 0.6) is 0 Å². The van der Waals surface area contributed by atoms with Gasteiger partial charge < -0.3 is 20.1 Å². The zero-order chi connectivity index (χ0) is 15.3. The molecule has 0 aromatic carbocycles. The van der Waals surface area contributed by atoms with Crippen LogP contribution in [-0.2, 0) is 9.53 Å². The van der Waals surface area contributed by atoms with Crippen molar-refractivity contribution in [1.82, 2.24) is 10.2 Å². The molecule has 1 aliphatic heterocycles. The molecule has 0 aromatic rings. The Morgan fingerprint density at radius 2 is 2.00 bits per heavy atom. The molecule has 2 fully saturated rings. The fraction of sp³-hybridized carbons (Fsp3) is 0.867. The van der Waals surface area contributed by atoms with E-state index in [2.05, 4.69) is 12.2 Å². The summed E-state index contributed by atoms with van der Waals surface area (Å²) >= 11 is 0. The van der Waals surface area contributed by atoms with Gasteiger partial charge in [0.1, 0.15) is 5.54 Å². The maximum atomic E-state index is 12.4. The van der Waals surface area contributed by atoms with Crippen LogP contribution in [0.2, 0.25) is 0 Å². The van der Waals surface area contributed by atoms with Crippen molar-refractivity contribution in [3.05, 3.63) is 0 Å². The van der Waals surface area contributed by atoms with Gasteiger partial charge in [-0.15, -0.1) is 0 Å². The van der Waals surface area contributed by atoms with Gasteiger partial charge in [0.05, 0.1) is 6.61 Å². The van der Waals surface area contributed by atoms with Crippen LogP contribution in [0, 0.1) is 5.92 Å². The maximum absolute atomic E-state index is 12.4. The van der Waals surface area contributed by atoms with Gasteiger partial charge in [-0.25, -0.2) is 9.59 Å². The molecule has 2 N–H and O–H groups in total. The number of ether oxygens (including phenoxy) is 1. The minimum absolute atomic E-state index is 0.266. The number of carboxylic acid groups (broad SMARTS) is 1. The van der Waals surface area contributed by atoms with Gasteiger partial charge >= 0.3 is 12.0 Å². The third-order valence-corrected chi connectivity index (χ3v) is 4.80. The Bertz CT molecular complexity index is 370. The third-order valence-electron chi connectivity index (χ3n) is 4.80. The van der Waals surface area contributed by atoms with Crippen molar-refractivity contribution in [2.24, 2.45) is 5.92 Å². The number of carboxylic acids is 1. The summed E-state index contributed by atoms with van der Waals surface area (Å²) in [6, 6.07) is -0.266. The number of amides is 2. The monoisotopic (exact) mass is 298 g/mol. The lowest BCUT2D eigenvalue weighted by molar-refractivity contribution is -0.146. The van der Waals surface area contributed by atoms with Crippen LogP contribution in [0.15, 0.2) is 0 Å². The number of nitrogens with zero attached hydrogens (tertiary/aromatic N) is 1. The molecular weight excluding hydrogens is 272 g/mol. The number of nitrogens with one attached hydrogen (secondary N) is 1. The van der Waals surface area contributed by atoms with E-state index in [9.17, 15) is 14.7 Å². The van der Waals surface area contributed by atoms with Crippen LogP contribution >= 0.6 is 0 Å². The van der Waals surface area contributed by atoms with Crippen LogP contribution in [0.1, 0.15) is 45.4 Å². The van der Waals surface area contributed by atoms with Crippen LogP contribution in [0.4, 0.5) is 4.79 Å². The largest absolute Gasteiger partial charge is 0.480 e. The first kappa shape index (κ1) is 16.1. The Morgan fingerprint density at radius 1 is 1.29 bits per heavy atom. The van der Waals surface area contributed by atoms with Crippen molar-refractivity contribution in [3.8, 4) is 0 Å². The van der Waals surface area contributed by atoms with Crippen molar-refractivity contribution in [1.29, 1.82) is 0 Å². The van der Waals surface area contributed by atoms with Crippen molar-refractivity contribution in [2.75, 3.05) is 26.3 Å². The number of urea groups is 1. The molecule has 0 spiro atoms. The Labute approximate surface area is 125 Å². The Hall–Kier alpha value is -1.30. The van der Waals surface area contributed by atoms with Gasteiger partial charge in [-0.05, 0) is 38.0 Å². The van der Waals surface area contributed by atoms with E-state index < -0.39 is 11.5 Å². The predicted molar refractivity (Wildman–Crippen MR) is 78.2 cm³/mol. The second-order valence-electron chi connectivity index (χ2n) is 6.12. The van der Waals surface area contributed by atoms with Gasteiger partial charge in [0, 0.05) is 19.7 Å². The molecule has 0 bridgehead atoms. The standard InChI is InChI=1S/C15H26N2O4/c1-2-12-4-6-15(7-5-12,13(18)19)16-14(20)17-8-3-10-21-11-9-17/h12H,2-11H2,1H3,(H,16,20)(H,18,19). The van der Waals surface area contributed by atoms with Crippen molar-refractivity contribution < 1.29 is 19.4 Å². The summed E-state index contributed by atoms with van der Waals surface area (Å²) in [4.78, 5) is 25.7. The fourth-order valence-corrected chi connectivity index (χ4v) is 3.20. The highest BCUT2D eigenvalue weighted by atomic mass is 16.5. The topological polar surface area (TPSA) is 78.9 Å². The lowest BCUT2D eigenvalue weighted by Crippen LogP contribution is -2.59. The molecule has 6 nitrogen and oxygen atoms in total. The third kappa shape index (κ3) is 3.87. The highest BCUT2D eigenvalue weighted by Crippen LogP contribution is 2.34. The molecule has 2 rings (SSSR count). The lowest BCUT2D eigenvalue weighted by Gasteiger charge is -2.38. The molecule has 0 unspecified atom stereocenters. The van der Waals surface area contributed by atoms with Gasteiger partial charge in [0.2, 0.25) is 0 Å². The lowest BCUT2D eigenvalue weighted by atomic mass is 9.75. The second kappa shape index (κ2) is 7.11. The Morgan fingerprint density at radius 3 is 2.62 bits per heavy atom. The summed E-state index contributed by atoms with van der Waals surface area (Å²) in [5.74, 6) is -0.322. The van der Waals surface area contributed by atoms with E-state index in [1.54, 1.807) is 4.90 Å². The summed E-state index contributed by atoms with van der Waals surface area (Å²) in [5.41, 5.74) is -1.09. The van der Waals surface area contributed by atoms with E-state index in [-0.39, 0.29) is 6.03 Å². The predicted octanol–water partition coefficient (Wildman–Crippen LogP) is 1.84. The molecular formula is C15H26N2O4. The molecule has 1 aliphatic carbocycles. The quantitative estimate of drug-likeness (QED) is 0.833.